The molecule has 0 radical (unpaired) electrons. The van der Waals surface area contributed by atoms with Gasteiger partial charge in [-0.15, -0.1) is 12.4 Å². The normalized spacial score (nSPS) is 13.0. The van der Waals surface area contributed by atoms with Gasteiger partial charge in [0.05, 0.1) is 12.8 Å². The lowest BCUT2D eigenvalue weighted by Crippen LogP contribution is -2.27. The van der Waals surface area contributed by atoms with E-state index in [-0.39, 0.29) is 24.2 Å². The summed E-state index contributed by atoms with van der Waals surface area (Å²) < 4.78 is 5.33. The Kier molecular flexibility index (Phi) is 7.70. The van der Waals surface area contributed by atoms with Crippen molar-refractivity contribution >= 4 is 35.6 Å². The van der Waals surface area contributed by atoms with Crippen molar-refractivity contribution < 1.29 is 14.3 Å². The molecule has 1 aliphatic heterocycles. The van der Waals surface area contributed by atoms with E-state index in [1.54, 1.807) is 18.2 Å². The lowest BCUT2D eigenvalue weighted by molar-refractivity contribution is -0.116. The molecule has 2 aromatic rings. The Hall–Kier alpha value is -2.73. The molecule has 6 nitrogen and oxygen atoms in total. The van der Waals surface area contributed by atoms with Crippen LogP contribution in [-0.4, -0.2) is 36.9 Å². The quantitative estimate of drug-likeness (QED) is 0.723. The molecule has 0 saturated carbocycles. The number of anilines is 2. The van der Waals surface area contributed by atoms with Crippen LogP contribution in [0.2, 0.25) is 0 Å². The van der Waals surface area contributed by atoms with E-state index in [1.807, 2.05) is 29.2 Å². The van der Waals surface area contributed by atoms with E-state index in [9.17, 15) is 9.59 Å². The Morgan fingerprint density at radius 2 is 1.86 bits per heavy atom. The van der Waals surface area contributed by atoms with Crippen LogP contribution in [-0.2, 0) is 11.2 Å². The maximum absolute atomic E-state index is 12.6. The number of carbonyl (C=O) groups is 2. The second-order valence-electron chi connectivity index (χ2n) is 6.66. The molecule has 150 valence electrons. The van der Waals surface area contributed by atoms with E-state index in [0.29, 0.717) is 35.5 Å². The van der Waals surface area contributed by atoms with E-state index >= 15 is 0 Å². The molecule has 0 bridgehead atoms. The number of amides is 2. The number of nitrogens with zero attached hydrogens (tertiary/aromatic N) is 1. The molecule has 3 rings (SSSR count). The van der Waals surface area contributed by atoms with Gasteiger partial charge in [0.2, 0.25) is 5.91 Å². The zero-order chi connectivity index (χ0) is 19.2. The maximum atomic E-state index is 12.6. The van der Waals surface area contributed by atoms with Gasteiger partial charge in [-0.25, -0.2) is 0 Å². The van der Waals surface area contributed by atoms with Crippen LogP contribution in [0.1, 0.15) is 35.2 Å². The third-order valence-corrected chi connectivity index (χ3v) is 4.79. The largest absolute Gasteiger partial charge is 0.495 e. The number of nitrogen functional groups attached to an aromatic ring is 1. The van der Waals surface area contributed by atoms with Gasteiger partial charge in [-0.1, -0.05) is 18.2 Å². The van der Waals surface area contributed by atoms with Crippen LogP contribution in [0.4, 0.5) is 11.4 Å². The zero-order valence-corrected chi connectivity index (χ0v) is 16.8. The minimum atomic E-state index is -0.151. The second kappa shape index (κ2) is 9.99. The van der Waals surface area contributed by atoms with Crippen LogP contribution in [0.15, 0.2) is 42.5 Å². The summed E-state index contributed by atoms with van der Waals surface area (Å²) in [5.74, 6) is 0.366. The minimum absolute atomic E-state index is 0. The molecular weight excluding hydrogens is 378 g/mol. The smallest absolute Gasteiger partial charge is 0.253 e. The Bertz CT molecular complexity index is 835. The molecule has 2 aromatic carbocycles. The Labute approximate surface area is 171 Å². The third kappa shape index (κ3) is 5.16. The van der Waals surface area contributed by atoms with Crippen molar-refractivity contribution in [3.8, 4) is 5.75 Å². The molecule has 1 heterocycles. The molecule has 28 heavy (non-hydrogen) atoms. The van der Waals surface area contributed by atoms with Gasteiger partial charge in [0.1, 0.15) is 5.75 Å². The Balaban J connectivity index is 0.00000280. The summed E-state index contributed by atoms with van der Waals surface area (Å²) in [6.07, 6.45) is 2.91. The number of halogens is 1. The standard InChI is InChI=1S/C21H25N3O3.ClH/c1-27-19-10-8-16(21(26)24-12-4-5-13-24)14-18(19)23-20(25)11-9-15-6-2-3-7-17(15)22;/h2-3,6-8,10,14H,4-5,9,11-13,22H2,1H3,(H,23,25);1H. The number of ether oxygens (including phenoxy) is 1. The lowest BCUT2D eigenvalue weighted by Gasteiger charge is -2.17. The first-order valence-electron chi connectivity index (χ1n) is 9.19. The van der Waals surface area contributed by atoms with Crippen LogP contribution >= 0.6 is 12.4 Å². The highest BCUT2D eigenvalue weighted by Crippen LogP contribution is 2.27. The first kappa shape index (κ1) is 21.6. The van der Waals surface area contributed by atoms with E-state index in [0.717, 1.165) is 31.5 Å². The highest BCUT2D eigenvalue weighted by atomic mass is 35.5. The van der Waals surface area contributed by atoms with Gasteiger partial charge in [0.15, 0.2) is 0 Å². The van der Waals surface area contributed by atoms with Crippen molar-refractivity contribution in [2.24, 2.45) is 0 Å². The van der Waals surface area contributed by atoms with Gasteiger partial charge in [-0.05, 0) is 49.1 Å². The number of nitrogens with one attached hydrogen (secondary N) is 1. The first-order chi connectivity index (χ1) is 13.1. The molecule has 1 saturated heterocycles. The predicted molar refractivity (Wildman–Crippen MR) is 113 cm³/mol. The van der Waals surface area contributed by atoms with Crippen molar-refractivity contribution in [2.45, 2.75) is 25.7 Å². The average molecular weight is 404 g/mol. The number of benzene rings is 2. The first-order valence-corrected chi connectivity index (χ1v) is 9.19. The van der Waals surface area contributed by atoms with Crippen LogP contribution in [0.3, 0.4) is 0 Å². The average Bonchev–Trinajstić information content (AvgIpc) is 3.21. The SMILES string of the molecule is COc1ccc(C(=O)N2CCCC2)cc1NC(=O)CCc1ccccc1N.Cl. The summed E-state index contributed by atoms with van der Waals surface area (Å²) in [6.45, 7) is 1.57. The van der Waals surface area contributed by atoms with Crippen LogP contribution < -0.4 is 15.8 Å². The van der Waals surface area contributed by atoms with Crippen molar-refractivity contribution in [3.05, 3.63) is 53.6 Å². The van der Waals surface area contributed by atoms with E-state index in [4.69, 9.17) is 10.5 Å². The van der Waals surface area contributed by atoms with E-state index < -0.39 is 0 Å². The highest BCUT2D eigenvalue weighted by Gasteiger charge is 2.21. The molecule has 0 aromatic heterocycles. The monoisotopic (exact) mass is 403 g/mol. The van der Waals surface area contributed by atoms with Gasteiger partial charge < -0.3 is 20.7 Å². The Morgan fingerprint density at radius 3 is 2.54 bits per heavy atom. The van der Waals surface area contributed by atoms with Gasteiger partial charge >= 0.3 is 0 Å². The number of para-hydroxylation sites is 1. The molecule has 1 aliphatic rings. The van der Waals surface area contributed by atoms with Crippen LogP contribution in [0.25, 0.3) is 0 Å². The second-order valence-corrected chi connectivity index (χ2v) is 6.66. The summed E-state index contributed by atoms with van der Waals surface area (Å²) >= 11 is 0. The van der Waals surface area contributed by atoms with Crippen molar-refractivity contribution in [2.75, 3.05) is 31.2 Å². The number of methoxy groups -OCH3 is 1. The molecule has 3 N–H and O–H groups in total. The summed E-state index contributed by atoms with van der Waals surface area (Å²) in [7, 11) is 1.54. The fourth-order valence-corrected chi connectivity index (χ4v) is 3.26. The molecule has 0 unspecified atom stereocenters. The predicted octanol–water partition coefficient (Wildman–Crippen LogP) is 3.51. The third-order valence-electron chi connectivity index (χ3n) is 4.79. The van der Waals surface area contributed by atoms with Crippen molar-refractivity contribution in [1.29, 1.82) is 0 Å². The summed E-state index contributed by atoms with van der Waals surface area (Å²) in [4.78, 5) is 26.8. The molecule has 2 amide bonds. The van der Waals surface area contributed by atoms with Crippen molar-refractivity contribution in [1.82, 2.24) is 4.90 Å². The molecule has 0 spiro atoms. The number of hydrogen-bond donors (Lipinski definition) is 2. The molecule has 0 aliphatic carbocycles. The number of hydrogen-bond acceptors (Lipinski definition) is 4. The van der Waals surface area contributed by atoms with Gasteiger partial charge in [-0.3, -0.25) is 9.59 Å². The van der Waals surface area contributed by atoms with Gasteiger partial charge in [-0.2, -0.15) is 0 Å². The minimum Gasteiger partial charge on any atom is -0.495 e. The van der Waals surface area contributed by atoms with Gasteiger partial charge in [0.25, 0.3) is 5.91 Å². The summed E-state index contributed by atoms with van der Waals surface area (Å²) in [6, 6.07) is 12.6. The molecule has 1 fully saturated rings. The lowest BCUT2D eigenvalue weighted by atomic mass is 10.1. The summed E-state index contributed by atoms with van der Waals surface area (Å²) in [5.41, 5.74) is 8.61. The zero-order valence-electron chi connectivity index (χ0n) is 15.9. The van der Waals surface area contributed by atoms with Crippen LogP contribution in [0, 0.1) is 0 Å². The molecular formula is C21H26ClN3O3. The van der Waals surface area contributed by atoms with Crippen LogP contribution in [0.5, 0.6) is 5.75 Å². The maximum Gasteiger partial charge on any atom is 0.253 e. The number of nitrogens with two attached hydrogens (primary N) is 1. The van der Waals surface area contributed by atoms with Gasteiger partial charge in [0, 0.05) is 30.8 Å². The topological polar surface area (TPSA) is 84.7 Å². The number of rotatable bonds is 6. The highest BCUT2D eigenvalue weighted by molar-refractivity contribution is 5.98. The fourth-order valence-electron chi connectivity index (χ4n) is 3.26. The van der Waals surface area contributed by atoms with E-state index in [1.165, 1.54) is 7.11 Å². The fraction of sp³-hybridized carbons (Fsp3) is 0.333. The number of likely N-dealkylation sites (tertiary alicyclic amines) is 1. The van der Waals surface area contributed by atoms with Crippen molar-refractivity contribution in [3.63, 3.8) is 0 Å². The number of aryl methyl sites for hydroxylation is 1. The molecule has 0 atom stereocenters. The molecule has 7 heteroatoms. The Morgan fingerprint density at radius 1 is 1.14 bits per heavy atom. The van der Waals surface area contributed by atoms with E-state index in [2.05, 4.69) is 5.32 Å². The number of carbonyl (C=O) groups excluding carboxylic acids is 2. The summed E-state index contributed by atoms with van der Waals surface area (Å²) in [5, 5.41) is 2.86.